The van der Waals surface area contributed by atoms with Crippen molar-refractivity contribution in [1.82, 2.24) is 0 Å². The van der Waals surface area contributed by atoms with Gasteiger partial charge in [0.15, 0.2) is 0 Å². The molecule has 5 N–H and O–H groups in total. The summed E-state index contributed by atoms with van der Waals surface area (Å²) in [6, 6.07) is 3.84. The molecule has 6 heteroatoms. The van der Waals surface area contributed by atoms with E-state index in [1.54, 1.807) is 6.92 Å². The molecule has 106 valence electrons. The Morgan fingerprint density at radius 3 is 2.47 bits per heavy atom. The number of ether oxygens (including phenoxy) is 1. The van der Waals surface area contributed by atoms with Crippen molar-refractivity contribution in [2.24, 2.45) is 5.92 Å². The molecule has 0 spiro atoms. The standard InChI is InChI=1S/C13H18O6/c1-6-10(5-14)19-13(12(18)11(6)17)8-4-7(15)2-3-9(8)16/h2-4,6,10-18H,5H2,1H3/t6-,10?,11?,12?,13+/m1/s1. The molecule has 1 aromatic rings. The minimum absolute atomic E-state index is 0.0859. The van der Waals surface area contributed by atoms with Crippen LogP contribution in [0.1, 0.15) is 18.6 Å². The third-order valence-electron chi connectivity index (χ3n) is 3.60. The van der Waals surface area contributed by atoms with E-state index in [9.17, 15) is 25.5 Å². The molecule has 3 unspecified atom stereocenters. The molecular weight excluding hydrogens is 252 g/mol. The molecule has 1 heterocycles. The first kappa shape index (κ1) is 14.1. The molecule has 1 fully saturated rings. The van der Waals surface area contributed by atoms with E-state index in [2.05, 4.69) is 0 Å². The Bertz CT molecular complexity index is 447. The smallest absolute Gasteiger partial charge is 0.121 e. The average molecular weight is 270 g/mol. The van der Waals surface area contributed by atoms with E-state index in [4.69, 9.17) is 4.74 Å². The molecular formula is C13H18O6. The number of phenolic OH excluding ortho intramolecular Hbond substituents is 2. The van der Waals surface area contributed by atoms with Gasteiger partial charge in [0.1, 0.15) is 23.7 Å². The van der Waals surface area contributed by atoms with E-state index in [0.717, 1.165) is 0 Å². The highest BCUT2D eigenvalue weighted by molar-refractivity contribution is 5.41. The number of aliphatic hydroxyl groups excluding tert-OH is 3. The lowest BCUT2D eigenvalue weighted by atomic mass is 9.85. The normalized spacial score (nSPS) is 35.3. The maximum absolute atomic E-state index is 10.0. The maximum Gasteiger partial charge on any atom is 0.121 e. The van der Waals surface area contributed by atoms with Gasteiger partial charge in [-0.2, -0.15) is 0 Å². The Morgan fingerprint density at radius 1 is 1.16 bits per heavy atom. The van der Waals surface area contributed by atoms with Crippen molar-refractivity contribution < 1.29 is 30.3 Å². The third-order valence-corrected chi connectivity index (χ3v) is 3.60. The number of aliphatic hydroxyl groups is 3. The first-order valence-electron chi connectivity index (χ1n) is 6.10. The molecule has 0 bridgehead atoms. The van der Waals surface area contributed by atoms with Crippen molar-refractivity contribution in [3.05, 3.63) is 23.8 Å². The highest BCUT2D eigenvalue weighted by Gasteiger charge is 2.43. The number of aromatic hydroxyl groups is 2. The van der Waals surface area contributed by atoms with E-state index in [1.807, 2.05) is 0 Å². The first-order chi connectivity index (χ1) is 8.95. The van der Waals surface area contributed by atoms with Crippen molar-refractivity contribution in [2.75, 3.05) is 6.61 Å². The van der Waals surface area contributed by atoms with Crippen molar-refractivity contribution in [3.8, 4) is 11.5 Å². The molecule has 2 rings (SSSR count). The van der Waals surface area contributed by atoms with Crippen LogP contribution in [0.25, 0.3) is 0 Å². The first-order valence-corrected chi connectivity index (χ1v) is 6.10. The predicted octanol–water partition coefficient (Wildman–Crippen LogP) is -0.112. The second-order valence-electron chi connectivity index (χ2n) is 4.86. The van der Waals surface area contributed by atoms with E-state index in [0.29, 0.717) is 0 Å². The Labute approximate surface area is 110 Å². The Kier molecular flexibility index (Phi) is 3.96. The second kappa shape index (κ2) is 5.34. The fourth-order valence-corrected chi connectivity index (χ4v) is 2.34. The van der Waals surface area contributed by atoms with Crippen LogP contribution >= 0.6 is 0 Å². The van der Waals surface area contributed by atoms with Crippen molar-refractivity contribution in [2.45, 2.75) is 31.3 Å². The highest BCUT2D eigenvalue weighted by Crippen LogP contribution is 2.39. The van der Waals surface area contributed by atoms with Gasteiger partial charge in [-0.15, -0.1) is 0 Å². The highest BCUT2D eigenvalue weighted by atomic mass is 16.5. The largest absolute Gasteiger partial charge is 0.508 e. The fourth-order valence-electron chi connectivity index (χ4n) is 2.34. The van der Waals surface area contributed by atoms with Gasteiger partial charge in [0.25, 0.3) is 0 Å². The molecule has 0 aliphatic carbocycles. The van der Waals surface area contributed by atoms with E-state index < -0.39 is 30.3 Å². The number of rotatable bonds is 2. The number of hydrogen-bond donors (Lipinski definition) is 5. The third kappa shape index (κ3) is 2.52. The van der Waals surface area contributed by atoms with Crippen LogP contribution in [-0.2, 0) is 4.74 Å². The number of benzene rings is 1. The summed E-state index contributed by atoms with van der Waals surface area (Å²) < 4.78 is 5.52. The maximum atomic E-state index is 10.0. The molecule has 0 amide bonds. The summed E-state index contributed by atoms with van der Waals surface area (Å²) in [6.07, 6.45) is -3.98. The van der Waals surface area contributed by atoms with Crippen LogP contribution in [0.5, 0.6) is 11.5 Å². The summed E-state index contributed by atoms with van der Waals surface area (Å²) in [5, 5.41) is 48.4. The van der Waals surface area contributed by atoms with Gasteiger partial charge in [-0.1, -0.05) is 6.92 Å². The molecule has 1 aliphatic rings. The quantitative estimate of drug-likeness (QED) is 0.480. The van der Waals surface area contributed by atoms with Gasteiger partial charge in [-0.05, 0) is 18.2 Å². The van der Waals surface area contributed by atoms with E-state index in [-0.39, 0.29) is 23.7 Å². The molecule has 6 nitrogen and oxygen atoms in total. The Morgan fingerprint density at radius 2 is 1.84 bits per heavy atom. The van der Waals surface area contributed by atoms with Crippen molar-refractivity contribution in [3.63, 3.8) is 0 Å². The van der Waals surface area contributed by atoms with Gasteiger partial charge >= 0.3 is 0 Å². The molecule has 5 atom stereocenters. The predicted molar refractivity (Wildman–Crippen MR) is 65.6 cm³/mol. The lowest BCUT2D eigenvalue weighted by molar-refractivity contribution is -0.207. The Hall–Kier alpha value is -1.34. The van der Waals surface area contributed by atoms with Crippen molar-refractivity contribution >= 4 is 0 Å². The van der Waals surface area contributed by atoms with Gasteiger partial charge in [0.05, 0.1) is 18.8 Å². The van der Waals surface area contributed by atoms with Gasteiger partial charge in [0.2, 0.25) is 0 Å². The van der Waals surface area contributed by atoms with Gasteiger partial charge in [-0.3, -0.25) is 0 Å². The zero-order valence-electron chi connectivity index (χ0n) is 10.5. The van der Waals surface area contributed by atoms with Crippen LogP contribution in [0, 0.1) is 5.92 Å². The van der Waals surface area contributed by atoms with Crippen LogP contribution in [-0.4, -0.2) is 50.5 Å². The second-order valence-corrected chi connectivity index (χ2v) is 4.86. The Balaban J connectivity index is 2.35. The van der Waals surface area contributed by atoms with Crippen LogP contribution in [0.2, 0.25) is 0 Å². The lowest BCUT2D eigenvalue weighted by Crippen LogP contribution is -2.50. The molecule has 1 saturated heterocycles. The molecule has 19 heavy (non-hydrogen) atoms. The van der Waals surface area contributed by atoms with Crippen LogP contribution in [0.4, 0.5) is 0 Å². The van der Waals surface area contributed by atoms with Gasteiger partial charge in [-0.25, -0.2) is 0 Å². The zero-order chi connectivity index (χ0) is 14.2. The zero-order valence-corrected chi connectivity index (χ0v) is 10.5. The average Bonchev–Trinajstić information content (AvgIpc) is 2.40. The molecule has 0 aromatic heterocycles. The van der Waals surface area contributed by atoms with E-state index in [1.165, 1.54) is 18.2 Å². The summed E-state index contributed by atoms with van der Waals surface area (Å²) in [6.45, 7) is 1.36. The minimum atomic E-state index is -1.24. The monoisotopic (exact) mass is 270 g/mol. The van der Waals surface area contributed by atoms with Gasteiger partial charge < -0.3 is 30.3 Å². The minimum Gasteiger partial charge on any atom is -0.508 e. The summed E-state index contributed by atoms with van der Waals surface area (Å²) >= 11 is 0. The number of hydrogen-bond acceptors (Lipinski definition) is 6. The van der Waals surface area contributed by atoms with Crippen molar-refractivity contribution in [1.29, 1.82) is 0 Å². The lowest BCUT2D eigenvalue weighted by Gasteiger charge is -2.41. The topological polar surface area (TPSA) is 110 Å². The molecule has 0 saturated carbocycles. The molecule has 1 aliphatic heterocycles. The summed E-state index contributed by atoms with van der Waals surface area (Å²) in [5.74, 6) is -0.673. The summed E-state index contributed by atoms with van der Waals surface area (Å²) in [7, 11) is 0. The molecule has 0 radical (unpaired) electrons. The SMILES string of the molecule is C[C@@H]1C(CO)O[C@@H](c2cc(O)ccc2O)C(O)C1O. The fraction of sp³-hybridized carbons (Fsp3) is 0.538. The van der Waals surface area contributed by atoms with Crippen LogP contribution < -0.4 is 0 Å². The molecule has 1 aromatic carbocycles. The van der Waals surface area contributed by atoms with E-state index >= 15 is 0 Å². The summed E-state index contributed by atoms with van der Waals surface area (Å²) in [4.78, 5) is 0. The van der Waals surface area contributed by atoms with Gasteiger partial charge in [0, 0.05) is 11.5 Å². The van der Waals surface area contributed by atoms with Crippen LogP contribution in [0.15, 0.2) is 18.2 Å². The summed E-state index contributed by atoms with van der Waals surface area (Å²) in [5.41, 5.74) is 0.178. The number of phenols is 2. The van der Waals surface area contributed by atoms with Crippen LogP contribution in [0.3, 0.4) is 0 Å².